The first kappa shape index (κ1) is 16.3. The van der Waals surface area contributed by atoms with Gasteiger partial charge in [-0.1, -0.05) is 24.3 Å². The average Bonchev–Trinajstić information content (AvgIpc) is 2.59. The largest absolute Gasteiger partial charge is 0.496 e. The highest BCUT2D eigenvalue weighted by Crippen LogP contribution is 2.32. The molecule has 116 valence electrons. The molecular formula is C16H17O5P. The van der Waals surface area contributed by atoms with Crippen LogP contribution in [0.5, 0.6) is 11.5 Å². The maximum atomic E-state index is 12.9. The van der Waals surface area contributed by atoms with Crippen LogP contribution >= 0.6 is 8.03 Å². The summed E-state index contributed by atoms with van der Waals surface area (Å²) in [6.45, 7) is 0. The highest BCUT2D eigenvalue weighted by atomic mass is 31.1. The summed E-state index contributed by atoms with van der Waals surface area (Å²) in [6, 6.07) is 11.8. The zero-order valence-electron chi connectivity index (χ0n) is 12.6. The van der Waals surface area contributed by atoms with Crippen LogP contribution in [0.4, 0.5) is 0 Å². The quantitative estimate of drug-likeness (QED) is 0.605. The van der Waals surface area contributed by atoms with Crippen molar-refractivity contribution >= 4 is 19.1 Å². The first-order valence-electron chi connectivity index (χ1n) is 6.57. The summed E-state index contributed by atoms with van der Waals surface area (Å²) < 4.78 is 27.4. The number of methoxy groups -OCH3 is 2. The van der Waals surface area contributed by atoms with Crippen LogP contribution in [0.1, 0.15) is 15.9 Å². The van der Waals surface area contributed by atoms with Gasteiger partial charge < -0.3 is 14.0 Å². The normalized spacial score (nSPS) is 11.8. The van der Waals surface area contributed by atoms with Crippen LogP contribution in [0.15, 0.2) is 42.5 Å². The fraction of sp³-hybridized carbons (Fsp3) is 0.188. The van der Waals surface area contributed by atoms with Crippen molar-refractivity contribution in [3.8, 4) is 11.5 Å². The predicted molar refractivity (Wildman–Crippen MR) is 85.1 cm³/mol. The molecule has 0 saturated carbocycles. The first-order valence-corrected chi connectivity index (χ1v) is 7.88. The van der Waals surface area contributed by atoms with Gasteiger partial charge in [0.25, 0.3) is 0 Å². The summed E-state index contributed by atoms with van der Waals surface area (Å²) in [5, 5.41) is 0.382. The molecule has 1 atom stereocenters. The van der Waals surface area contributed by atoms with E-state index in [0.717, 1.165) is 0 Å². The molecule has 2 aromatic carbocycles. The number of carbonyl (C=O) groups is 1. The van der Waals surface area contributed by atoms with Crippen molar-refractivity contribution < 1.29 is 23.4 Å². The minimum atomic E-state index is -2.48. The van der Waals surface area contributed by atoms with E-state index < -0.39 is 8.03 Å². The number of ketones is 1. The highest BCUT2D eigenvalue weighted by molar-refractivity contribution is 7.48. The zero-order chi connectivity index (χ0) is 16.1. The molecule has 0 aliphatic heterocycles. The Hall–Kier alpha value is -2.10. The molecular weight excluding hydrogens is 303 g/mol. The lowest BCUT2D eigenvalue weighted by atomic mass is 10.0. The van der Waals surface area contributed by atoms with Gasteiger partial charge in [-0.3, -0.25) is 9.36 Å². The number of rotatable bonds is 6. The summed E-state index contributed by atoms with van der Waals surface area (Å²) in [5.41, 5.74) is 0.613. The molecule has 2 aromatic rings. The number of hydrogen-bond acceptors (Lipinski definition) is 5. The van der Waals surface area contributed by atoms with Gasteiger partial charge in [0.15, 0.2) is 0 Å². The molecule has 0 bridgehead atoms. The topological polar surface area (TPSA) is 61.8 Å². The molecule has 0 saturated heterocycles. The molecule has 5 nitrogen and oxygen atoms in total. The zero-order valence-corrected chi connectivity index (χ0v) is 13.6. The Morgan fingerprint density at radius 2 is 1.50 bits per heavy atom. The summed E-state index contributed by atoms with van der Waals surface area (Å²) in [5.74, 6) is 0.479. The third kappa shape index (κ3) is 3.06. The fourth-order valence-corrected chi connectivity index (χ4v) is 3.05. The van der Waals surface area contributed by atoms with E-state index >= 15 is 0 Å². The molecule has 22 heavy (non-hydrogen) atoms. The SMILES string of the molecule is COc1cccc(OC)c1C(=O)c1ccccc1[PH](=O)OC. The number of hydrogen-bond donors (Lipinski definition) is 0. The van der Waals surface area contributed by atoms with E-state index in [0.29, 0.717) is 27.9 Å². The second kappa shape index (κ2) is 7.25. The first-order chi connectivity index (χ1) is 10.6. The van der Waals surface area contributed by atoms with Gasteiger partial charge in [0, 0.05) is 18.0 Å². The molecule has 0 aliphatic rings. The van der Waals surface area contributed by atoms with E-state index in [1.165, 1.54) is 21.3 Å². The van der Waals surface area contributed by atoms with Crippen LogP contribution in [-0.2, 0) is 9.09 Å². The van der Waals surface area contributed by atoms with Crippen molar-refractivity contribution in [2.75, 3.05) is 21.3 Å². The average molecular weight is 320 g/mol. The monoisotopic (exact) mass is 320 g/mol. The highest BCUT2D eigenvalue weighted by Gasteiger charge is 2.23. The third-order valence-corrected chi connectivity index (χ3v) is 4.48. The summed E-state index contributed by atoms with van der Waals surface area (Å²) in [7, 11) is 1.84. The van der Waals surface area contributed by atoms with Crippen LogP contribution in [0.3, 0.4) is 0 Å². The summed E-state index contributed by atoms with van der Waals surface area (Å²) in [6.07, 6.45) is 0. The lowest BCUT2D eigenvalue weighted by Gasteiger charge is -2.13. The van der Waals surface area contributed by atoms with Gasteiger partial charge in [-0.05, 0) is 18.2 Å². The van der Waals surface area contributed by atoms with Gasteiger partial charge in [0.05, 0.1) is 14.2 Å². The van der Waals surface area contributed by atoms with Crippen molar-refractivity contribution in [3.63, 3.8) is 0 Å². The van der Waals surface area contributed by atoms with Gasteiger partial charge in [-0.15, -0.1) is 0 Å². The van der Waals surface area contributed by atoms with E-state index in [-0.39, 0.29) is 5.78 Å². The van der Waals surface area contributed by atoms with Crippen LogP contribution in [0.2, 0.25) is 0 Å². The number of benzene rings is 2. The van der Waals surface area contributed by atoms with Gasteiger partial charge in [-0.2, -0.15) is 0 Å². The van der Waals surface area contributed by atoms with E-state index in [1.54, 1.807) is 42.5 Å². The molecule has 0 aliphatic carbocycles. The Kier molecular flexibility index (Phi) is 5.36. The van der Waals surface area contributed by atoms with E-state index in [2.05, 4.69) is 0 Å². The number of carbonyl (C=O) groups excluding carboxylic acids is 1. The summed E-state index contributed by atoms with van der Waals surface area (Å²) >= 11 is 0. The van der Waals surface area contributed by atoms with E-state index in [4.69, 9.17) is 14.0 Å². The lowest BCUT2D eigenvalue weighted by Crippen LogP contribution is -2.15. The van der Waals surface area contributed by atoms with Crippen molar-refractivity contribution in [3.05, 3.63) is 53.6 Å². The van der Waals surface area contributed by atoms with Crippen molar-refractivity contribution in [2.24, 2.45) is 0 Å². The molecule has 0 heterocycles. The maximum absolute atomic E-state index is 12.9. The van der Waals surface area contributed by atoms with E-state index in [9.17, 15) is 9.36 Å². The van der Waals surface area contributed by atoms with Crippen molar-refractivity contribution in [2.45, 2.75) is 0 Å². The standard InChI is InChI=1S/C16H17O5P/c1-19-12-8-6-9-13(20-2)15(12)16(17)11-7-4-5-10-14(11)22(18)21-3/h4-10,22H,1-3H3. The Labute approximate surface area is 129 Å². The van der Waals surface area contributed by atoms with Crippen LogP contribution < -0.4 is 14.8 Å². The smallest absolute Gasteiger partial charge is 0.221 e. The molecule has 1 unspecified atom stereocenters. The molecule has 6 heteroatoms. The Bertz CT molecular complexity index is 689. The minimum absolute atomic E-state index is 0.297. The molecule has 0 aromatic heterocycles. The van der Waals surface area contributed by atoms with Crippen molar-refractivity contribution in [1.82, 2.24) is 0 Å². The molecule has 0 radical (unpaired) electrons. The Morgan fingerprint density at radius 1 is 0.909 bits per heavy atom. The molecule has 0 N–H and O–H groups in total. The van der Waals surface area contributed by atoms with E-state index in [1.807, 2.05) is 0 Å². The van der Waals surface area contributed by atoms with Gasteiger partial charge in [0.2, 0.25) is 13.8 Å². The molecule has 0 spiro atoms. The van der Waals surface area contributed by atoms with Crippen LogP contribution in [-0.4, -0.2) is 27.1 Å². The Balaban J connectivity index is 2.61. The van der Waals surface area contributed by atoms with Crippen LogP contribution in [0.25, 0.3) is 0 Å². The molecule has 2 rings (SSSR count). The van der Waals surface area contributed by atoms with Gasteiger partial charge >= 0.3 is 0 Å². The second-order valence-corrected chi connectivity index (χ2v) is 5.93. The molecule has 0 amide bonds. The van der Waals surface area contributed by atoms with Crippen molar-refractivity contribution in [1.29, 1.82) is 0 Å². The fourth-order valence-electron chi connectivity index (χ4n) is 2.18. The lowest BCUT2D eigenvalue weighted by molar-refractivity contribution is 0.103. The summed E-state index contributed by atoms with van der Waals surface area (Å²) in [4.78, 5) is 12.9. The minimum Gasteiger partial charge on any atom is -0.496 e. The molecule has 0 fully saturated rings. The Morgan fingerprint density at radius 3 is 2.05 bits per heavy atom. The van der Waals surface area contributed by atoms with Gasteiger partial charge in [-0.25, -0.2) is 0 Å². The predicted octanol–water partition coefficient (Wildman–Crippen LogP) is 2.68. The van der Waals surface area contributed by atoms with Crippen LogP contribution in [0, 0.1) is 0 Å². The number of ether oxygens (including phenoxy) is 2. The van der Waals surface area contributed by atoms with Gasteiger partial charge in [0.1, 0.15) is 17.1 Å². The maximum Gasteiger partial charge on any atom is 0.221 e. The second-order valence-electron chi connectivity index (χ2n) is 4.40. The third-order valence-electron chi connectivity index (χ3n) is 3.23.